The molecule has 1 unspecified atom stereocenters. The summed E-state index contributed by atoms with van der Waals surface area (Å²) in [7, 11) is 0. The SMILES string of the molecule is CCC(CCO)CNc1nccn2nccc12. The van der Waals surface area contributed by atoms with Crippen molar-refractivity contribution in [2.75, 3.05) is 18.5 Å². The van der Waals surface area contributed by atoms with Gasteiger partial charge in [-0.3, -0.25) is 0 Å². The lowest BCUT2D eigenvalue weighted by Gasteiger charge is -2.15. The van der Waals surface area contributed by atoms with E-state index in [1.54, 1.807) is 16.9 Å². The highest BCUT2D eigenvalue weighted by atomic mass is 16.3. The van der Waals surface area contributed by atoms with Gasteiger partial charge >= 0.3 is 0 Å². The summed E-state index contributed by atoms with van der Waals surface area (Å²) in [5.74, 6) is 1.33. The van der Waals surface area contributed by atoms with E-state index in [4.69, 9.17) is 5.11 Å². The second kappa shape index (κ2) is 5.63. The number of nitrogens with zero attached hydrogens (tertiary/aromatic N) is 3. The van der Waals surface area contributed by atoms with Gasteiger partial charge in [0.25, 0.3) is 0 Å². The third-order valence-electron chi connectivity index (χ3n) is 3.00. The van der Waals surface area contributed by atoms with Crippen molar-refractivity contribution in [3.05, 3.63) is 24.7 Å². The van der Waals surface area contributed by atoms with Crippen LogP contribution in [-0.4, -0.2) is 32.9 Å². The topological polar surface area (TPSA) is 62.5 Å². The van der Waals surface area contributed by atoms with Crippen LogP contribution in [0.3, 0.4) is 0 Å². The number of aliphatic hydroxyl groups is 1. The summed E-state index contributed by atoms with van der Waals surface area (Å²) in [5.41, 5.74) is 0.978. The molecule has 5 nitrogen and oxygen atoms in total. The van der Waals surface area contributed by atoms with Gasteiger partial charge in [-0.25, -0.2) is 9.50 Å². The lowest BCUT2D eigenvalue weighted by Crippen LogP contribution is -2.16. The Hall–Kier alpha value is -1.62. The van der Waals surface area contributed by atoms with Gasteiger partial charge in [-0.15, -0.1) is 0 Å². The highest BCUT2D eigenvalue weighted by molar-refractivity contribution is 5.66. The molecule has 0 aromatic carbocycles. The molecular weight excluding hydrogens is 216 g/mol. The minimum Gasteiger partial charge on any atom is -0.396 e. The van der Waals surface area contributed by atoms with Crippen molar-refractivity contribution in [2.24, 2.45) is 5.92 Å². The minimum absolute atomic E-state index is 0.241. The molecule has 92 valence electrons. The molecule has 17 heavy (non-hydrogen) atoms. The molecule has 0 radical (unpaired) electrons. The van der Waals surface area contributed by atoms with Crippen LogP contribution in [0.15, 0.2) is 24.7 Å². The summed E-state index contributed by atoms with van der Waals surface area (Å²) >= 11 is 0. The fourth-order valence-electron chi connectivity index (χ4n) is 1.87. The van der Waals surface area contributed by atoms with Gasteiger partial charge in [0.1, 0.15) is 5.52 Å². The first-order valence-corrected chi connectivity index (χ1v) is 5.98. The number of aromatic nitrogens is 3. The Kier molecular flexibility index (Phi) is 3.93. The number of rotatable bonds is 6. The Morgan fingerprint density at radius 2 is 2.35 bits per heavy atom. The summed E-state index contributed by atoms with van der Waals surface area (Å²) in [4.78, 5) is 4.31. The number of anilines is 1. The van der Waals surface area contributed by atoms with E-state index in [1.807, 2.05) is 12.3 Å². The van der Waals surface area contributed by atoms with Gasteiger partial charge in [-0.1, -0.05) is 13.3 Å². The molecule has 2 aromatic heterocycles. The summed E-state index contributed by atoms with van der Waals surface area (Å²) in [6.45, 7) is 3.20. The number of fused-ring (bicyclic) bond motifs is 1. The Morgan fingerprint density at radius 3 is 3.12 bits per heavy atom. The summed E-state index contributed by atoms with van der Waals surface area (Å²) in [6, 6.07) is 1.93. The second-order valence-corrected chi connectivity index (χ2v) is 4.10. The predicted octanol–water partition coefficient (Wildman–Crippen LogP) is 1.55. The third-order valence-corrected chi connectivity index (χ3v) is 3.00. The van der Waals surface area contributed by atoms with Crippen LogP contribution < -0.4 is 5.32 Å². The van der Waals surface area contributed by atoms with Gasteiger partial charge in [-0.2, -0.15) is 5.10 Å². The lowest BCUT2D eigenvalue weighted by atomic mass is 10.0. The zero-order valence-corrected chi connectivity index (χ0v) is 10.0. The minimum atomic E-state index is 0.241. The molecule has 0 amide bonds. The molecule has 0 aliphatic rings. The van der Waals surface area contributed by atoms with Gasteiger partial charge < -0.3 is 10.4 Å². The second-order valence-electron chi connectivity index (χ2n) is 4.10. The van der Waals surface area contributed by atoms with Crippen LogP contribution in [0.1, 0.15) is 19.8 Å². The van der Waals surface area contributed by atoms with Gasteiger partial charge in [0.2, 0.25) is 0 Å². The van der Waals surface area contributed by atoms with Crippen LogP contribution in [0, 0.1) is 5.92 Å². The van der Waals surface area contributed by atoms with Crippen molar-refractivity contribution < 1.29 is 5.11 Å². The Labute approximate surface area is 100 Å². The van der Waals surface area contributed by atoms with Gasteiger partial charge in [0, 0.05) is 25.5 Å². The van der Waals surface area contributed by atoms with Crippen LogP contribution >= 0.6 is 0 Å². The Morgan fingerprint density at radius 1 is 1.47 bits per heavy atom. The molecule has 2 rings (SSSR count). The monoisotopic (exact) mass is 234 g/mol. The summed E-state index contributed by atoms with van der Waals surface area (Å²) in [5, 5.41) is 16.4. The van der Waals surface area contributed by atoms with Gasteiger partial charge in [0.05, 0.1) is 6.20 Å². The van der Waals surface area contributed by atoms with E-state index in [9.17, 15) is 0 Å². The first-order chi connectivity index (χ1) is 8.35. The molecule has 2 N–H and O–H groups in total. The van der Waals surface area contributed by atoms with Crippen LogP contribution in [0.5, 0.6) is 0 Å². The van der Waals surface area contributed by atoms with Crippen molar-refractivity contribution in [2.45, 2.75) is 19.8 Å². The lowest BCUT2D eigenvalue weighted by molar-refractivity contribution is 0.258. The average molecular weight is 234 g/mol. The first kappa shape index (κ1) is 11.9. The van der Waals surface area contributed by atoms with E-state index in [2.05, 4.69) is 22.3 Å². The number of hydrogen-bond donors (Lipinski definition) is 2. The van der Waals surface area contributed by atoms with Crippen LogP contribution in [0.4, 0.5) is 5.82 Å². The van der Waals surface area contributed by atoms with Crippen LogP contribution in [0.2, 0.25) is 0 Å². The zero-order chi connectivity index (χ0) is 12.1. The van der Waals surface area contributed by atoms with Crippen LogP contribution in [0.25, 0.3) is 5.52 Å². The highest BCUT2D eigenvalue weighted by Crippen LogP contribution is 2.14. The van der Waals surface area contributed by atoms with Gasteiger partial charge in [-0.05, 0) is 18.4 Å². The molecule has 0 bridgehead atoms. The summed E-state index contributed by atoms with van der Waals surface area (Å²) in [6.07, 6.45) is 7.19. The van der Waals surface area contributed by atoms with Gasteiger partial charge in [0.15, 0.2) is 5.82 Å². The summed E-state index contributed by atoms with van der Waals surface area (Å²) < 4.78 is 1.79. The van der Waals surface area contributed by atoms with Crippen LogP contribution in [-0.2, 0) is 0 Å². The standard InChI is InChI=1S/C12H18N4O/c1-2-10(4-8-17)9-14-12-11-3-5-15-16(11)7-6-13-12/h3,5-7,10,17H,2,4,8-9H2,1H3,(H,13,14). The third kappa shape index (κ3) is 2.74. The van der Waals surface area contributed by atoms with Crippen molar-refractivity contribution in [3.63, 3.8) is 0 Å². The molecule has 0 aliphatic heterocycles. The number of nitrogens with one attached hydrogen (secondary N) is 1. The van der Waals surface area contributed by atoms with Crippen molar-refractivity contribution >= 4 is 11.3 Å². The molecule has 0 aliphatic carbocycles. The van der Waals surface area contributed by atoms with Crippen molar-refractivity contribution in [3.8, 4) is 0 Å². The molecule has 0 spiro atoms. The molecule has 0 fully saturated rings. The smallest absolute Gasteiger partial charge is 0.152 e. The van der Waals surface area contributed by atoms with Crippen molar-refractivity contribution in [1.29, 1.82) is 0 Å². The van der Waals surface area contributed by atoms with E-state index in [0.29, 0.717) is 5.92 Å². The predicted molar refractivity (Wildman–Crippen MR) is 67.0 cm³/mol. The maximum absolute atomic E-state index is 8.95. The maximum Gasteiger partial charge on any atom is 0.152 e. The molecule has 1 atom stereocenters. The highest BCUT2D eigenvalue weighted by Gasteiger charge is 2.07. The number of aliphatic hydroxyl groups excluding tert-OH is 1. The Bertz CT molecular complexity index is 468. The first-order valence-electron chi connectivity index (χ1n) is 5.98. The molecule has 2 aromatic rings. The Balaban J connectivity index is 2.05. The molecule has 2 heterocycles. The van der Waals surface area contributed by atoms with Crippen molar-refractivity contribution in [1.82, 2.24) is 14.6 Å². The molecule has 5 heteroatoms. The maximum atomic E-state index is 8.95. The largest absolute Gasteiger partial charge is 0.396 e. The molecular formula is C12H18N4O. The number of hydrogen-bond acceptors (Lipinski definition) is 4. The molecule has 0 saturated heterocycles. The fraction of sp³-hybridized carbons (Fsp3) is 0.500. The molecule has 0 saturated carbocycles. The van der Waals surface area contributed by atoms with E-state index in [1.165, 1.54) is 0 Å². The van der Waals surface area contributed by atoms with E-state index in [0.717, 1.165) is 30.7 Å². The average Bonchev–Trinajstić information content (AvgIpc) is 2.83. The quantitative estimate of drug-likeness (QED) is 0.796. The van der Waals surface area contributed by atoms with E-state index in [-0.39, 0.29) is 6.61 Å². The fourth-order valence-corrected chi connectivity index (χ4v) is 1.87. The van der Waals surface area contributed by atoms with E-state index >= 15 is 0 Å². The zero-order valence-electron chi connectivity index (χ0n) is 10.0. The van der Waals surface area contributed by atoms with E-state index < -0.39 is 0 Å². The normalized spacial score (nSPS) is 12.8.